The largest absolute Gasteiger partial charge is 0.497 e. The smallest absolute Gasteiger partial charge is 0.229 e. The first-order valence-corrected chi connectivity index (χ1v) is 8.91. The molecule has 28 heavy (non-hydrogen) atoms. The molecule has 4 rings (SSSR count). The van der Waals surface area contributed by atoms with Crippen molar-refractivity contribution in [2.45, 2.75) is 19.8 Å². The van der Waals surface area contributed by atoms with Crippen LogP contribution in [0.4, 0.5) is 0 Å². The van der Waals surface area contributed by atoms with Crippen molar-refractivity contribution >= 4 is 0 Å². The number of methoxy groups -OCH3 is 1. The highest BCUT2D eigenvalue weighted by atomic mass is 16.5. The summed E-state index contributed by atoms with van der Waals surface area (Å²) in [5.41, 5.74) is 11.1. The molecule has 0 amide bonds. The van der Waals surface area contributed by atoms with Crippen molar-refractivity contribution in [1.82, 2.24) is 9.78 Å². The van der Waals surface area contributed by atoms with E-state index < -0.39 is 0 Å². The summed E-state index contributed by atoms with van der Waals surface area (Å²) in [4.78, 5) is 0. The lowest BCUT2D eigenvalue weighted by Gasteiger charge is -2.25. The van der Waals surface area contributed by atoms with E-state index in [1.54, 1.807) is 11.8 Å². The molecule has 0 saturated heterocycles. The lowest BCUT2D eigenvalue weighted by atomic mass is 9.84. The van der Waals surface area contributed by atoms with E-state index in [0.29, 0.717) is 11.5 Å². The van der Waals surface area contributed by atoms with E-state index in [9.17, 15) is 5.26 Å². The second kappa shape index (κ2) is 6.78. The van der Waals surface area contributed by atoms with E-state index in [0.717, 1.165) is 33.8 Å². The number of allylic oxidation sites excluding steroid dienone is 1. The predicted octanol–water partition coefficient (Wildman–Crippen LogP) is 3.72. The molecule has 1 aliphatic rings. The first-order valence-electron chi connectivity index (χ1n) is 8.91. The van der Waals surface area contributed by atoms with Crippen molar-refractivity contribution in [3.8, 4) is 23.4 Å². The van der Waals surface area contributed by atoms with Gasteiger partial charge in [0.15, 0.2) is 0 Å². The molecule has 1 atom stereocenters. The van der Waals surface area contributed by atoms with Gasteiger partial charge >= 0.3 is 0 Å². The highest BCUT2D eigenvalue weighted by Gasteiger charge is 2.36. The van der Waals surface area contributed by atoms with Crippen LogP contribution in [0.15, 0.2) is 60.0 Å². The van der Waals surface area contributed by atoms with Crippen LogP contribution in [0, 0.1) is 25.2 Å². The maximum absolute atomic E-state index is 9.75. The zero-order valence-electron chi connectivity index (χ0n) is 15.9. The Hall–Kier alpha value is -3.72. The Labute approximate surface area is 163 Å². The van der Waals surface area contributed by atoms with Gasteiger partial charge in [0, 0.05) is 0 Å². The van der Waals surface area contributed by atoms with Crippen LogP contribution in [0.2, 0.25) is 0 Å². The van der Waals surface area contributed by atoms with Crippen molar-refractivity contribution in [3.63, 3.8) is 0 Å². The molecule has 0 saturated carbocycles. The van der Waals surface area contributed by atoms with Crippen molar-refractivity contribution in [2.75, 3.05) is 7.11 Å². The molecule has 0 spiro atoms. The average molecular weight is 372 g/mol. The number of benzene rings is 2. The van der Waals surface area contributed by atoms with Gasteiger partial charge in [0.1, 0.15) is 17.4 Å². The fourth-order valence-electron chi connectivity index (χ4n) is 3.50. The minimum absolute atomic E-state index is 0.101. The molecule has 1 unspecified atom stereocenters. The number of fused-ring (bicyclic) bond motifs is 1. The molecule has 2 heterocycles. The van der Waals surface area contributed by atoms with Gasteiger partial charge in [0.2, 0.25) is 11.8 Å². The van der Waals surface area contributed by atoms with E-state index in [4.69, 9.17) is 15.2 Å². The van der Waals surface area contributed by atoms with Gasteiger partial charge in [-0.3, -0.25) is 0 Å². The highest BCUT2D eigenvalue weighted by molar-refractivity contribution is 5.57. The van der Waals surface area contributed by atoms with E-state index in [2.05, 4.69) is 11.2 Å². The number of nitriles is 1. The van der Waals surface area contributed by atoms with Gasteiger partial charge in [-0.15, -0.1) is 0 Å². The SMILES string of the molecule is COc1ccc(C2C(C#N)=C(N)Oc3c2c(C)nn3-c2ccc(C)cc2)cc1. The number of hydrogen-bond acceptors (Lipinski definition) is 5. The fraction of sp³-hybridized carbons (Fsp3) is 0.182. The topological polar surface area (TPSA) is 86.1 Å². The van der Waals surface area contributed by atoms with Crippen molar-refractivity contribution in [1.29, 1.82) is 5.26 Å². The summed E-state index contributed by atoms with van der Waals surface area (Å²) in [5.74, 6) is 1.04. The molecule has 6 heteroatoms. The van der Waals surface area contributed by atoms with Gasteiger partial charge in [0.05, 0.1) is 30.0 Å². The molecule has 3 aromatic rings. The lowest BCUT2D eigenvalue weighted by molar-refractivity contribution is 0.367. The zero-order valence-corrected chi connectivity index (χ0v) is 15.9. The van der Waals surface area contributed by atoms with Crippen LogP contribution in [0.5, 0.6) is 11.6 Å². The standard InChI is InChI=1S/C22H20N4O2/c1-13-4-8-16(9-5-13)26-22-19(14(2)25-26)20(18(12-23)21(24)28-22)15-6-10-17(27-3)11-7-15/h4-11,20H,24H2,1-3H3. The van der Waals surface area contributed by atoms with E-state index in [-0.39, 0.29) is 11.8 Å². The molecular formula is C22H20N4O2. The predicted molar refractivity (Wildman–Crippen MR) is 105 cm³/mol. The summed E-state index contributed by atoms with van der Waals surface area (Å²) >= 11 is 0. The number of rotatable bonds is 3. The Kier molecular flexibility index (Phi) is 4.28. The van der Waals surface area contributed by atoms with Crippen LogP contribution < -0.4 is 15.2 Å². The zero-order chi connectivity index (χ0) is 19.8. The highest BCUT2D eigenvalue weighted by Crippen LogP contribution is 2.44. The molecule has 0 fully saturated rings. The summed E-state index contributed by atoms with van der Waals surface area (Å²) in [5, 5.41) is 14.4. The number of hydrogen-bond donors (Lipinski definition) is 1. The summed E-state index contributed by atoms with van der Waals surface area (Å²) in [7, 11) is 1.62. The van der Waals surface area contributed by atoms with Crippen LogP contribution in [0.3, 0.4) is 0 Å². The van der Waals surface area contributed by atoms with Gasteiger partial charge in [0.25, 0.3) is 0 Å². The van der Waals surface area contributed by atoms with Gasteiger partial charge in [-0.25, -0.2) is 4.68 Å². The molecule has 140 valence electrons. The van der Waals surface area contributed by atoms with E-state index in [1.165, 1.54) is 0 Å². The Morgan fingerprint density at radius 2 is 1.79 bits per heavy atom. The normalized spacial score (nSPS) is 15.6. The Bertz CT molecular complexity index is 1100. The van der Waals surface area contributed by atoms with Gasteiger partial charge < -0.3 is 15.2 Å². The molecule has 0 radical (unpaired) electrons. The number of ether oxygens (including phenoxy) is 2. The van der Waals surface area contributed by atoms with Gasteiger partial charge in [-0.1, -0.05) is 29.8 Å². The number of nitrogens with zero attached hydrogens (tertiary/aromatic N) is 3. The Balaban J connectivity index is 1.91. The van der Waals surface area contributed by atoms with Crippen LogP contribution in [-0.4, -0.2) is 16.9 Å². The van der Waals surface area contributed by atoms with Crippen molar-refractivity contribution in [2.24, 2.45) is 5.73 Å². The number of aromatic nitrogens is 2. The maximum atomic E-state index is 9.75. The molecule has 1 aromatic heterocycles. The summed E-state index contributed by atoms with van der Waals surface area (Å²) < 4.78 is 12.9. The number of nitrogens with two attached hydrogens (primary N) is 1. The first-order chi connectivity index (χ1) is 13.5. The molecule has 1 aliphatic heterocycles. The molecular weight excluding hydrogens is 352 g/mol. The Morgan fingerprint density at radius 3 is 2.39 bits per heavy atom. The molecule has 2 N–H and O–H groups in total. The molecule has 2 aromatic carbocycles. The maximum Gasteiger partial charge on any atom is 0.229 e. The Morgan fingerprint density at radius 1 is 1.11 bits per heavy atom. The third-order valence-corrected chi connectivity index (χ3v) is 4.96. The third-order valence-electron chi connectivity index (χ3n) is 4.96. The lowest BCUT2D eigenvalue weighted by Crippen LogP contribution is -2.22. The third kappa shape index (κ3) is 2.78. The van der Waals surface area contributed by atoms with Crippen molar-refractivity contribution < 1.29 is 9.47 Å². The fourth-order valence-corrected chi connectivity index (χ4v) is 3.50. The quantitative estimate of drug-likeness (QED) is 0.757. The molecule has 0 bridgehead atoms. The van der Waals surface area contributed by atoms with Crippen LogP contribution >= 0.6 is 0 Å². The first kappa shape index (κ1) is 17.7. The van der Waals surface area contributed by atoms with Crippen LogP contribution in [-0.2, 0) is 0 Å². The monoisotopic (exact) mass is 372 g/mol. The van der Waals surface area contributed by atoms with Crippen LogP contribution in [0.1, 0.15) is 28.3 Å². The summed E-state index contributed by atoms with van der Waals surface area (Å²) in [6, 6.07) is 17.8. The second-order valence-corrected chi connectivity index (χ2v) is 6.75. The van der Waals surface area contributed by atoms with Gasteiger partial charge in [-0.05, 0) is 43.7 Å². The average Bonchev–Trinajstić information content (AvgIpc) is 3.03. The summed E-state index contributed by atoms with van der Waals surface area (Å²) in [6.07, 6.45) is 0. The second-order valence-electron chi connectivity index (χ2n) is 6.75. The molecule has 0 aliphatic carbocycles. The van der Waals surface area contributed by atoms with Crippen molar-refractivity contribution in [3.05, 3.63) is 82.4 Å². The number of aryl methyl sites for hydroxylation is 2. The summed E-state index contributed by atoms with van der Waals surface area (Å²) in [6.45, 7) is 3.95. The minimum Gasteiger partial charge on any atom is -0.497 e. The van der Waals surface area contributed by atoms with Gasteiger partial charge in [-0.2, -0.15) is 10.4 Å². The van der Waals surface area contributed by atoms with Crippen LogP contribution in [0.25, 0.3) is 5.69 Å². The minimum atomic E-state index is -0.348. The molecule has 6 nitrogen and oxygen atoms in total. The van der Waals surface area contributed by atoms with E-state index >= 15 is 0 Å². The van der Waals surface area contributed by atoms with E-state index in [1.807, 2.05) is 62.4 Å².